The maximum atomic E-state index is 10.9. The van der Waals surface area contributed by atoms with Crippen LogP contribution in [-0.2, 0) is 4.79 Å². The van der Waals surface area contributed by atoms with E-state index in [1.165, 1.54) is 19.3 Å². The zero-order valence-electron chi connectivity index (χ0n) is 7.18. The molecule has 2 heteroatoms. The zero-order chi connectivity index (χ0) is 8.27. The summed E-state index contributed by atoms with van der Waals surface area (Å²) in [5, 5.41) is 0. The lowest BCUT2D eigenvalue weighted by molar-refractivity contribution is -0.121. The van der Waals surface area contributed by atoms with Crippen LogP contribution in [0.25, 0.3) is 0 Å². The van der Waals surface area contributed by atoms with E-state index in [1.54, 1.807) is 6.92 Å². The standard InChI is InChI=1S/C9H16NO/c1-8(9(2)11)10-6-4-3-5-7-10/h8H,1,3-7H2,2H3. The van der Waals surface area contributed by atoms with E-state index in [2.05, 4.69) is 11.8 Å². The number of rotatable bonds is 2. The van der Waals surface area contributed by atoms with Crippen molar-refractivity contribution >= 4 is 5.78 Å². The molecular weight excluding hydrogens is 138 g/mol. The Morgan fingerprint density at radius 2 is 1.91 bits per heavy atom. The van der Waals surface area contributed by atoms with Crippen LogP contribution in [0.1, 0.15) is 26.2 Å². The van der Waals surface area contributed by atoms with Crippen LogP contribution in [0.3, 0.4) is 0 Å². The molecule has 1 fully saturated rings. The second kappa shape index (κ2) is 3.86. The Labute approximate surface area is 68.6 Å². The Morgan fingerprint density at radius 1 is 1.36 bits per heavy atom. The van der Waals surface area contributed by atoms with Gasteiger partial charge in [0.25, 0.3) is 0 Å². The summed E-state index contributed by atoms with van der Waals surface area (Å²) in [6.45, 7) is 7.55. The predicted octanol–water partition coefficient (Wildman–Crippen LogP) is 1.26. The lowest BCUT2D eigenvalue weighted by Gasteiger charge is -2.30. The Morgan fingerprint density at radius 3 is 2.36 bits per heavy atom. The van der Waals surface area contributed by atoms with E-state index in [4.69, 9.17) is 0 Å². The minimum Gasteiger partial charge on any atom is -0.298 e. The number of piperidine rings is 1. The number of hydrogen-bond donors (Lipinski definition) is 0. The molecule has 0 aliphatic carbocycles. The maximum Gasteiger partial charge on any atom is 0.146 e. The number of hydrogen-bond acceptors (Lipinski definition) is 2. The van der Waals surface area contributed by atoms with E-state index in [-0.39, 0.29) is 11.8 Å². The fourth-order valence-electron chi connectivity index (χ4n) is 1.49. The van der Waals surface area contributed by atoms with Gasteiger partial charge in [-0.05, 0) is 39.8 Å². The van der Waals surface area contributed by atoms with Gasteiger partial charge in [0.1, 0.15) is 5.78 Å². The molecule has 1 heterocycles. The average Bonchev–Trinajstić information content (AvgIpc) is 2.05. The molecule has 1 aliphatic heterocycles. The smallest absolute Gasteiger partial charge is 0.146 e. The van der Waals surface area contributed by atoms with Gasteiger partial charge in [0.15, 0.2) is 0 Å². The highest BCUT2D eigenvalue weighted by atomic mass is 16.1. The number of carbonyl (C=O) groups excluding carboxylic acids is 1. The summed E-state index contributed by atoms with van der Waals surface area (Å²) in [5.74, 6) is 0.187. The fourth-order valence-corrected chi connectivity index (χ4v) is 1.49. The van der Waals surface area contributed by atoms with Crippen LogP contribution in [0, 0.1) is 6.92 Å². The van der Waals surface area contributed by atoms with E-state index < -0.39 is 0 Å². The van der Waals surface area contributed by atoms with Crippen LogP contribution >= 0.6 is 0 Å². The van der Waals surface area contributed by atoms with Gasteiger partial charge in [-0.1, -0.05) is 6.42 Å². The van der Waals surface area contributed by atoms with Crippen molar-refractivity contribution in [1.82, 2.24) is 4.90 Å². The second-order valence-electron chi connectivity index (χ2n) is 3.22. The van der Waals surface area contributed by atoms with Crippen LogP contribution in [0.2, 0.25) is 0 Å². The van der Waals surface area contributed by atoms with Gasteiger partial charge in [0, 0.05) is 0 Å². The van der Waals surface area contributed by atoms with Gasteiger partial charge in [0.2, 0.25) is 0 Å². The van der Waals surface area contributed by atoms with E-state index >= 15 is 0 Å². The number of likely N-dealkylation sites (tertiary alicyclic amines) is 1. The minimum absolute atomic E-state index is 0.102. The van der Waals surface area contributed by atoms with Gasteiger partial charge in [-0.2, -0.15) is 0 Å². The molecule has 0 saturated carbocycles. The van der Waals surface area contributed by atoms with E-state index in [9.17, 15) is 4.79 Å². The van der Waals surface area contributed by atoms with Crippen molar-refractivity contribution in [3.8, 4) is 0 Å². The Kier molecular flexibility index (Phi) is 3.06. The van der Waals surface area contributed by atoms with Crippen molar-refractivity contribution in [2.75, 3.05) is 13.1 Å². The first-order valence-corrected chi connectivity index (χ1v) is 4.29. The van der Waals surface area contributed by atoms with Crippen molar-refractivity contribution in [2.24, 2.45) is 0 Å². The molecule has 11 heavy (non-hydrogen) atoms. The quantitative estimate of drug-likeness (QED) is 0.597. The average molecular weight is 154 g/mol. The van der Waals surface area contributed by atoms with Gasteiger partial charge in [0.05, 0.1) is 6.04 Å². The van der Waals surface area contributed by atoms with E-state index in [1.807, 2.05) is 0 Å². The van der Waals surface area contributed by atoms with Gasteiger partial charge >= 0.3 is 0 Å². The molecule has 0 aromatic heterocycles. The molecule has 2 nitrogen and oxygen atoms in total. The largest absolute Gasteiger partial charge is 0.298 e. The Bertz CT molecular complexity index is 138. The lowest BCUT2D eigenvalue weighted by atomic mass is 10.1. The van der Waals surface area contributed by atoms with Crippen LogP contribution in [0.15, 0.2) is 0 Å². The van der Waals surface area contributed by atoms with Crippen molar-refractivity contribution < 1.29 is 4.79 Å². The van der Waals surface area contributed by atoms with Crippen LogP contribution < -0.4 is 0 Å². The molecule has 0 aromatic rings. The zero-order valence-corrected chi connectivity index (χ0v) is 7.18. The van der Waals surface area contributed by atoms with Crippen molar-refractivity contribution in [3.63, 3.8) is 0 Å². The van der Waals surface area contributed by atoms with Gasteiger partial charge in [-0.3, -0.25) is 9.69 Å². The molecule has 0 bridgehead atoms. The molecule has 0 N–H and O–H groups in total. The number of Topliss-reactive ketones (excluding diaryl/α,β-unsaturated/α-hetero) is 1. The van der Waals surface area contributed by atoms with Gasteiger partial charge in [-0.15, -0.1) is 0 Å². The summed E-state index contributed by atoms with van der Waals surface area (Å²) < 4.78 is 0. The first-order chi connectivity index (χ1) is 5.22. The summed E-state index contributed by atoms with van der Waals surface area (Å²) in [7, 11) is 0. The molecule has 1 atom stereocenters. The van der Waals surface area contributed by atoms with Crippen molar-refractivity contribution in [1.29, 1.82) is 0 Å². The minimum atomic E-state index is -0.102. The summed E-state index contributed by atoms with van der Waals surface area (Å²) in [6, 6.07) is -0.102. The highest BCUT2D eigenvalue weighted by Crippen LogP contribution is 2.11. The number of carbonyl (C=O) groups is 1. The van der Waals surface area contributed by atoms with E-state index in [0.717, 1.165) is 13.1 Å². The first kappa shape index (κ1) is 8.72. The third-order valence-corrected chi connectivity index (χ3v) is 2.30. The molecule has 1 unspecified atom stereocenters. The molecule has 1 radical (unpaired) electrons. The Balaban J connectivity index is 2.38. The molecule has 0 spiro atoms. The van der Waals surface area contributed by atoms with Crippen LogP contribution in [0.4, 0.5) is 0 Å². The maximum absolute atomic E-state index is 10.9. The summed E-state index contributed by atoms with van der Waals surface area (Å²) in [6.07, 6.45) is 3.75. The highest BCUT2D eigenvalue weighted by molar-refractivity contribution is 5.82. The Hall–Kier alpha value is -0.370. The molecule has 0 aromatic carbocycles. The van der Waals surface area contributed by atoms with Crippen molar-refractivity contribution in [3.05, 3.63) is 6.92 Å². The van der Waals surface area contributed by atoms with Crippen LogP contribution in [0.5, 0.6) is 0 Å². The van der Waals surface area contributed by atoms with Crippen LogP contribution in [-0.4, -0.2) is 29.8 Å². The van der Waals surface area contributed by atoms with Gasteiger partial charge < -0.3 is 0 Å². The summed E-state index contributed by atoms with van der Waals surface area (Å²) in [4.78, 5) is 13.1. The summed E-state index contributed by atoms with van der Waals surface area (Å²) in [5.41, 5.74) is 0. The van der Waals surface area contributed by atoms with Crippen molar-refractivity contribution in [2.45, 2.75) is 32.2 Å². The third kappa shape index (κ3) is 2.29. The monoisotopic (exact) mass is 154 g/mol. The molecule has 1 rings (SSSR count). The fraction of sp³-hybridized carbons (Fsp3) is 0.778. The second-order valence-corrected chi connectivity index (χ2v) is 3.22. The third-order valence-electron chi connectivity index (χ3n) is 2.30. The lowest BCUT2D eigenvalue weighted by Crippen LogP contribution is -2.41. The van der Waals surface area contributed by atoms with E-state index in [0.29, 0.717) is 0 Å². The van der Waals surface area contributed by atoms with Gasteiger partial charge in [-0.25, -0.2) is 0 Å². The predicted molar refractivity (Wildman–Crippen MR) is 45.3 cm³/mol. The molecule has 1 saturated heterocycles. The topological polar surface area (TPSA) is 20.3 Å². The SMILES string of the molecule is [CH2]C(C(C)=O)N1CCCCC1. The first-order valence-electron chi connectivity index (χ1n) is 4.29. The molecule has 1 aliphatic rings. The molecular formula is C9H16NO. The summed E-state index contributed by atoms with van der Waals surface area (Å²) >= 11 is 0. The molecule has 0 amide bonds. The number of ketones is 1. The number of nitrogens with zero attached hydrogens (tertiary/aromatic N) is 1. The highest BCUT2D eigenvalue weighted by Gasteiger charge is 2.19. The molecule has 63 valence electrons. The normalized spacial score (nSPS) is 23.1.